The first-order chi connectivity index (χ1) is 7.29. The van der Waals surface area contributed by atoms with Crippen molar-refractivity contribution in [2.75, 3.05) is 6.54 Å². The van der Waals surface area contributed by atoms with Crippen LogP contribution in [0.3, 0.4) is 0 Å². The number of aryl methyl sites for hydroxylation is 1. The van der Waals surface area contributed by atoms with Crippen molar-refractivity contribution in [1.29, 1.82) is 0 Å². The Bertz CT molecular complexity index is 435. The first kappa shape index (κ1) is 10.3. The van der Waals surface area contributed by atoms with Gasteiger partial charge >= 0.3 is 0 Å². The summed E-state index contributed by atoms with van der Waals surface area (Å²) >= 11 is 1.66. The summed E-state index contributed by atoms with van der Waals surface area (Å²) in [5, 5.41) is 7.05. The van der Waals surface area contributed by atoms with Crippen molar-refractivity contribution < 1.29 is 4.52 Å². The Hall–Kier alpha value is -1.20. The first-order valence-corrected chi connectivity index (χ1v) is 5.71. The number of aromatic nitrogens is 2. The Kier molecular flexibility index (Phi) is 3.13. The number of rotatable bonds is 4. The van der Waals surface area contributed by atoms with Crippen molar-refractivity contribution in [3.8, 4) is 10.8 Å². The molecule has 2 aromatic rings. The van der Waals surface area contributed by atoms with Gasteiger partial charge in [0, 0.05) is 4.88 Å². The van der Waals surface area contributed by atoms with Crippen molar-refractivity contribution >= 4 is 11.3 Å². The van der Waals surface area contributed by atoms with E-state index in [-0.39, 0.29) is 0 Å². The number of nitrogens with zero attached hydrogens (tertiary/aromatic N) is 2. The molecule has 2 aromatic heterocycles. The zero-order chi connectivity index (χ0) is 10.7. The van der Waals surface area contributed by atoms with E-state index in [2.05, 4.69) is 22.4 Å². The Balaban J connectivity index is 2.13. The molecule has 0 bridgehead atoms. The lowest BCUT2D eigenvalue weighted by Crippen LogP contribution is -2.12. The third-order valence-corrected chi connectivity index (χ3v) is 2.94. The maximum atomic E-state index is 5.17. The lowest BCUT2D eigenvalue weighted by atomic mass is 10.4. The minimum atomic E-state index is 0.612. The molecule has 0 atom stereocenters. The van der Waals surface area contributed by atoms with E-state index in [4.69, 9.17) is 4.52 Å². The van der Waals surface area contributed by atoms with Gasteiger partial charge in [0.25, 0.3) is 5.89 Å². The molecule has 0 aliphatic rings. The summed E-state index contributed by atoms with van der Waals surface area (Å²) in [6, 6.07) is 4.05. The summed E-state index contributed by atoms with van der Waals surface area (Å²) in [5.41, 5.74) is 0. The van der Waals surface area contributed by atoms with Crippen molar-refractivity contribution in [3.05, 3.63) is 22.8 Å². The first-order valence-electron chi connectivity index (χ1n) is 4.89. The minimum absolute atomic E-state index is 0.612. The average molecular weight is 223 g/mol. The Morgan fingerprint density at radius 2 is 2.33 bits per heavy atom. The van der Waals surface area contributed by atoms with Crippen LogP contribution in [0.2, 0.25) is 0 Å². The van der Waals surface area contributed by atoms with Gasteiger partial charge in [0.15, 0.2) is 5.82 Å². The summed E-state index contributed by atoms with van der Waals surface area (Å²) in [6.45, 7) is 5.67. The van der Waals surface area contributed by atoms with Gasteiger partial charge in [-0.2, -0.15) is 4.98 Å². The van der Waals surface area contributed by atoms with E-state index >= 15 is 0 Å². The molecule has 0 radical (unpaired) electrons. The van der Waals surface area contributed by atoms with Crippen LogP contribution in [0.4, 0.5) is 0 Å². The fourth-order valence-corrected chi connectivity index (χ4v) is 2.00. The summed E-state index contributed by atoms with van der Waals surface area (Å²) in [7, 11) is 0. The van der Waals surface area contributed by atoms with Crippen LogP contribution in [0, 0.1) is 6.92 Å². The van der Waals surface area contributed by atoms with Gasteiger partial charge in [-0.15, -0.1) is 11.3 Å². The zero-order valence-corrected chi connectivity index (χ0v) is 9.60. The van der Waals surface area contributed by atoms with Crippen molar-refractivity contribution in [3.63, 3.8) is 0 Å². The largest absolute Gasteiger partial charge is 0.333 e. The normalized spacial score (nSPS) is 10.8. The molecular formula is C10H13N3OS. The van der Waals surface area contributed by atoms with Crippen LogP contribution in [0.1, 0.15) is 17.6 Å². The predicted octanol–water partition coefficient (Wildman–Crippen LogP) is 2.22. The number of nitrogens with one attached hydrogen (secondary N) is 1. The lowest BCUT2D eigenvalue weighted by Gasteiger charge is -1.92. The fraction of sp³-hybridized carbons (Fsp3) is 0.400. The molecule has 0 aromatic carbocycles. The molecule has 5 heteroatoms. The van der Waals surface area contributed by atoms with Gasteiger partial charge in [-0.05, 0) is 25.6 Å². The quantitative estimate of drug-likeness (QED) is 0.863. The number of hydrogen-bond acceptors (Lipinski definition) is 5. The highest BCUT2D eigenvalue weighted by atomic mass is 32.1. The smallest absolute Gasteiger partial charge is 0.268 e. The number of thiophene rings is 1. The molecule has 0 aliphatic heterocycles. The molecule has 0 unspecified atom stereocenters. The summed E-state index contributed by atoms with van der Waals surface area (Å²) in [4.78, 5) is 6.58. The highest BCUT2D eigenvalue weighted by Crippen LogP contribution is 2.25. The molecule has 4 nitrogen and oxygen atoms in total. The second-order valence-corrected chi connectivity index (χ2v) is 4.49. The van der Waals surface area contributed by atoms with Crippen LogP contribution in [-0.2, 0) is 6.54 Å². The van der Waals surface area contributed by atoms with Crippen LogP contribution >= 0.6 is 11.3 Å². The maximum absolute atomic E-state index is 5.17. The van der Waals surface area contributed by atoms with Crippen LogP contribution in [0.25, 0.3) is 10.8 Å². The highest BCUT2D eigenvalue weighted by Gasteiger charge is 2.09. The zero-order valence-electron chi connectivity index (χ0n) is 8.78. The Labute approximate surface area is 92.3 Å². The molecule has 0 aliphatic carbocycles. The summed E-state index contributed by atoms with van der Waals surface area (Å²) in [6.07, 6.45) is 0. The number of hydrogen-bond donors (Lipinski definition) is 1. The van der Waals surface area contributed by atoms with Gasteiger partial charge in [-0.3, -0.25) is 0 Å². The lowest BCUT2D eigenvalue weighted by molar-refractivity contribution is 0.420. The van der Waals surface area contributed by atoms with Crippen molar-refractivity contribution in [1.82, 2.24) is 15.5 Å². The molecule has 0 saturated carbocycles. The van der Waals surface area contributed by atoms with E-state index in [9.17, 15) is 0 Å². The third-order valence-electron chi connectivity index (χ3n) is 1.95. The van der Waals surface area contributed by atoms with Gasteiger partial charge in [-0.25, -0.2) is 0 Å². The maximum Gasteiger partial charge on any atom is 0.268 e. The van der Waals surface area contributed by atoms with E-state index in [1.807, 2.05) is 19.1 Å². The van der Waals surface area contributed by atoms with E-state index < -0.39 is 0 Å². The topological polar surface area (TPSA) is 51.0 Å². The van der Waals surface area contributed by atoms with E-state index in [1.54, 1.807) is 11.3 Å². The molecule has 0 spiro atoms. The van der Waals surface area contributed by atoms with Gasteiger partial charge in [-0.1, -0.05) is 12.1 Å². The second-order valence-electron chi connectivity index (χ2n) is 3.21. The van der Waals surface area contributed by atoms with E-state index in [0.717, 1.165) is 11.4 Å². The van der Waals surface area contributed by atoms with Gasteiger partial charge < -0.3 is 9.84 Å². The Morgan fingerprint density at radius 1 is 1.47 bits per heavy atom. The molecule has 1 N–H and O–H groups in total. The fourth-order valence-electron chi connectivity index (χ4n) is 1.21. The average Bonchev–Trinajstić information content (AvgIpc) is 2.83. The van der Waals surface area contributed by atoms with Crippen LogP contribution < -0.4 is 5.32 Å². The predicted molar refractivity (Wildman–Crippen MR) is 59.7 cm³/mol. The molecular weight excluding hydrogens is 210 g/mol. The van der Waals surface area contributed by atoms with Crippen molar-refractivity contribution in [2.24, 2.45) is 0 Å². The van der Waals surface area contributed by atoms with Crippen molar-refractivity contribution in [2.45, 2.75) is 20.4 Å². The van der Waals surface area contributed by atoms with Crippen LogP contribution in [0.5, 0.6) is 0 Å². The van der Waals surface area contributed by atoms with Crippen LogP contribution in [-0.4, -0.2) is 16.7 Å². The third kappa shape index (κ3) is 2.43. The van der Waals surface area contributed by atoms with Gasteiger partial charge in [0.05, 0.1) is 11.4 Å². The van der Waals surface area contributed by atoms with E-state index in [0.29, 0.717) is 18.3 Å². The molecule has 0 amide bonds. The summed E-state index contributed by atoms with van der Waals surface area (Å²) in [5.74, 6) is 1.32. The van der Waals surface area contributed by atoms with E-state index in [1.165, 1.54) is 4.88 Å². The molecule has 2 heterocycles. The molecule has 15 heavy (non-hydrogen) atoms. The molecule has 0 fully saturated rings. The van der Waals surface area contributed by atoms with Gasteiger partial charge in [0.2, 0.25) is 0 Å². The molecule has 0 saturated heterocycles. The van der Waals surface area contributed by atoms with Gasteiger partial charge in [0.1, 0.15) is 0 Å². The highest BCUT2D eigenvalue weighted by molar-refractivity contribution is 7.15. The molecule has 2 rings (SSSR count). The monoisotopic (exact) mass is 223 g/mol. The Morgan fingerprint density at radius 3 is 3.00 bits per heavy atom. The molecule has 80 valence electrons. The minimum Gasteiger partial charge on any atom is -0.333 e. The SMILES string of the molecule is CCNCc1noc(-c2ccc(C)s2)n1. The van der Waals surface area contributed by atoms with Crippen LogP contribution in [0.15, 0.2) is 16.7 Å². The standard InChI is InChI=1S/C10H13N3OS/c1-3-11-6-9-12-10(14-13-9)8-5-4-7(2)15-8/h4-5,11H,3,6H2,1-2H3. The second kappa shape index (κ2) is 4.55. The summed E-state index contributed by atoms with van der Waals surface area (Å²) < 4.78 is 5.17.